The van der Waals surface area contributed by atoms with Gasteiger partial charge < -0.3 is 5.32 Å². The highest BCUT2D eigenvalue weighted by molar-refractivity contribution is 6.30. The average Bonchev–Trinajstić information content (AvgIpc) is 2.84. The Morgan fingerprint density at radius 3 is 3.06 bits per heavy atom. The van der Waals surface area contributed by atoms with Gasteiger partial charge in [0.2, 0.25) is 0 Å². The maximum atomic E-state index is 9.05. The van der Waals surface area contributed by atoms with Crippen molar-refractivity contribution in [2.45, 2.75) is 19.5 Å². The van der Waals surface area contributed by atoms with Crippen LogP contribution in [0.2, 0.25) is 5.02 Å². The van der Waals surface area contributed by atoms with Gasteiger partial charge in [-0.3, -0.25) is 4.68 Å². The summed E-state index contributed by atoms with van der Waals surface area (Å²) >= 11 is 5.85. The second-order valence-corrected chi connectivity index (χ2v) is 4.51. The lowest BCUT2D eigenvalue weighted by Gasteiger charge is -2.16. The second kappa shape index (κ2) is 5.56. The highest BCUT2D eigenvalue weighted by Crippen LogP contribution is 2.20. The highest BCUT2D eigenvalue weighted by Gasteiger charge is 2.07. The molecule has 0 saturated carbocycles. The van der Waals surface area contributed by atoms with Crippen LogP contribution in [-0.4, -0.2) is 15.8 Å². The summed E-state index contributed by atoms with van der Waals surface area (Å²) in [6.07, 6.45) is 3.65. The van der Waals surface area contributed by atoms with E-state index in [1.165, 1.54) is 0 Å². The fourth-order valence-electron chi connectivity index (χ4n) is 1.73. The number of nitrogens with zero attached hydrogens (tertiary/aromatic N) is 3. The number of benzene rings is 1. The third-order valence-electron chi connectivity index (χ3n) is 2.52. The Bertz CT molecular complexity index is 557. The van der Waals surface area contributed by atoms with Crippen LogP contribution in [0.25, 0.3) is 0 Å². The van der Waals surface area contributed by atoms with E-state index in [0.29, 0.717) is 10.6 Å². The molecule has 0 aliphatic heterocycles. The maximum absolute atomic E-state index is 9.05. The summed E-state index contributed by atoms with van der Waals surface area (Å²) in [5.41, 5.74) is 1.34. The van der Waals surface area contributed by atoms with Crippen LogP contribution in [-0.2, 0) is 6.54 Å². The molecule has 2 rings (SSSR count). The van der Waals surface area contributed by atoms with E-state index in [1.54, 1.807) is 18.3 Å². The molecule has 0 fully saturated rings. The zero-order valence-corrected chi connectivity index (χ0v) is 10.7. The first-order valence-electron chi connectivity index (χ1n) is 5.62. The number of hydrogen-bond acceptors (Lipinski definition) is 3. The Morgan fingerprint density at radius 1 is 1.56 bits per heavy atom. The Kier molecular flexibility index (Phi) is 3.85. The lowest BCUT2D eigenvalue weighted by Crippen LogP contribution is -2.22. The molecule has 1 heterocycles. The van der Waals surface area contributed by atoms with Gasteiger partial charge in [-0.2, -0.15) is 10.4 Å². The molecule has 0 bridgehead atoms. The Labute approximate surface area is 111 Å². The lowest BCUT2D eigenvalue weighted by atomic mass is 10.2. The summed E-state index contributed by atoms with van der Waals surface area (Å²) in [6.45, 7) is 2.78. The van der Waals surface area contributed by atoms with Crippen molar-refractivity contribution < 1.29 is 0 Å². The fraction of sp³-hybridized carbons (Fsp3) is 0.231. The zero-order valence-electron chi connectivity index (χ0n) is 9.97. The van der Waals surface area contributed by atoms with E-state index < -0.39 is 0 Å². The minimum absolute atomic E-state index is 0.165. The largest absolute Gasteiger partial charge is 0.380 e. The summed E-state index contributed by atoms with van der Waals surface area (Å²) in [4.78, 5) is 0. The minimum Gasteiger partial charge on any atom is -0.380 e. The smallest absolute Gasteiger partial charge is 0.101 e. The molecule has 4 nitrogen and oxygen atoms in total. The van der Waals surface area contributed by atoms with Gasteiger partial charge in [0, 0.05) is 23.5 Å². The number of rotatable bonds is 4. The third kappa shape index (κ3) is 3.02. The lowest BCUT2D eigenvalue weighted by molar-refractivity contribution is 0.561. The Balaban J connectivity index is 2.07. The molecular formula is C13H13ClN4. The van der Waals surface area contributed by atoms with E-state index in [1.807, 2.05) is 29.9 Å². The van der Waals surface area contributed by atoms with Crippen LogP contribution in [0.15, 0.2) is 36.7 Å². The molecule has 0 aliphatic carbocycles. The van der Waals surface area contributed by atoms with Crippen molar-refractivity contribution in [1.82, 2.24) is 9.78 Å². The Morgan fingerprint density at radius 2 is 2.39 bits per heavy atom. The van der Waals surface area contributed by atoms with E-state index in [2.05, 4.69) is 16.5 Å². The fourth-order valence-corrected chi connectivity index (χ4v) is 1.91. The first-order chi connectivity index (χ1) is 8.69. The van der Waals surface area contributed by atoms with Gasteiger partial charge in [-0.1, -0.05) is 11.6 Å². The van der Waals surface area contributed by atoms with Crippen molar-refractivity contribution in [3.8, 4) is 6.07 Å². The average molecular weight is 261 g/mol. The van der Waals surface area contributed by atoms with Gasteiger partial charge in [0.25, 0.3) is 0 Å². The molecule has 5 heteroatoms. The zero-order chi connectivity index (χ0) is 13.0. The Hall–Kier alpha value is -1.99. The standard InChI is InChI=1S/C13H13ClN4/c1-10(9-18-6-2-5-16-18)17-13-4-3-12(14)7-11(13)8-15/h2-7,10,17H,9H2,1H3. The topological polar surface area (TPSA) is 53.6 Å². The second-order valence-electron chi connectivity index (χ2n) is 4.08. The van der Waals surface area contributed by atoms with Crippen LogP contribution < -0.4 is 5.32 Å². The van der Waals surface area contributed by atoms with E-state index in [-0.39, 0.29) is 6.04 Å². The SMILES string of the molecule is CC(Cn1cccn1)Nc1ccc(Cl)cc1C#N. The van der Waals surface area contributed by atoms with Crippen LogP contribution in [0.1, 0.15) is 12.5 Å². The summed E-state index contributed by atoms with van der Waals surface area (Å²) in [5, 5.41) is 17.0. The van der Waals surface area contributed by atoms with Crippen molar-refractivity contribution in [1.29, 1.82) is 5.26 Å². The van der Waals surface area contributed by atoms with E-state index in [9.17, 15) is 0 Å². The van der Waals surface area contributed by atoms with Crippen molar-refractivity contribution in [2.75, 3.05) is 5.32 Å². The molecule has 0 radical (unpaired) electrons. The number of nitriles is 1. The van der Waals surface area contributed by atoms with Gasteiger partial charge in [0.15, 0.2) is 0 Å². The number of nitrogens with one attached hydrogen (secondary N) is 1. The van der Waals surface area contributed by atoms with Crippen LogP contribution in [0.5, 0.6) is 0 Å². The van der Waals surface area contributed by atoms with Crippen LogP contribution in [0.4, 0.5) is 5.69 Å². The number of hydrogen-bond donors (Lipinski definition) is 1. The summed E-state index contributed by atoms with van der Waals surface area (Å²) < 4.78 is 1.85. The van der Waals surface area contributed by atoms with Gasteiger partial charge in [-0.05, 0) is 31.2 Å². The predicted molar refractivity (Wildman–Crippen MR) is 71.5 cm³/mol. The third-order valence-corrected chi connectivity index (χ3v) is 2.76. The molecule has 1 N–H and O–H groups in total. The van der Waals surface area contributed by atoms with Crippen LogP contribution in [0, 0.1) is 11.3 Å². The summed E-state index contributed by atoms with van der Waals surface area (Å²) in [7, 11) is 0. The highest BCUT2D eigenvalue weighted by atomic mass is 35.5. The molecule has 0 aliphatic rings. The number of anilines is 1. The van der Waals surface area contributed by atoms with Crippen molar-refractivity contribution in [3.05, 3.63) is 47.2 Å². The van der Waals surface area contributed by atoms with Gasteiger partial charge in [-0.15, -0.1) is 0 Å². The molecule has 1 unspecified atom stereocenters. The molecule has 0 spiro atoms. The van der Waals surface area contributed by atoms with Crippen LogP contribution >= 0.6 is 11.6 Å². The van der Waals surface area contributed by atoms with Gasteiger partial charge >= 0.3 is 0 Å². The normalized spacial score (nSPS) is 11.8. The molecule has 1 aromatic carbocycles. The summed E-state index contributed by atoms with van der Waals surface area (Å²) in [6, 6.07) is 9.43. The molecular weight excluding hydrogens is 248 g/mol. The van der Waals surface area contributed by atoms with Crippen molar-refractivity contribution in [2.24, 2.45) is 0 Å². The van der Waals surface area contributed by atoms with Gasteiger partial charge in [-0.25, -0.2) is 0 Å². The molecule has 0 amide bonds. The van der Waals surface area contributed by atoms with Gasteiger partial charge in [0.1, 0.15) is 6.07 Å². The number of halogens is 1. The maximum Gasteiger partial charge on any atom is 0.101 e. The van der Waals surface area contributed by atoms with Gasteiger partial charge in [0.05, 0.1) is 17.8 Å². The molecule has 2 aromatic rings. The molecule has 18 heavy (non-hydrogen) atoms. The molecule has 92 valence electrons. The minimum atomic E-state index is 0.165. The predicted octanol–water partition coefficient (Wildman–Crippen LogP) is 2.91. The van der Waals surface area contributed by atoms with Crippen molar-refractivity contribution >= 4 is 17.3 Å². The summed E-state index contributed by atoms with van der Waals surface area (Å²) in [5.74, 6) is 0. The molecule has 0 saturated heterocycles. The first-order valence-corrected chi connectivity index (χ1v) is 6.00. The first kappa shape index (κ1) is 12.5. The van der Waals surface area contributed by atoms with E-state index in [4.69, 9.17) is 16.9 Å². The monoisotopic (exact) mass is 260 g/mol. The van der Waals surface area contributed by atoms with E-state index in [0.717, 1.165) is 12.2 Å². The van der Waals surface area contributed by atoms with E-state index >= 15 is 0 Å². The quantitative estimate of drug-likeness (QED) is 0.920. The number of aromatic nitrogens is 2. The van der Waals surface area contributed by atoms with Crippen LogP contribution in [0.3, 0.4) is 0 Å². The molecule has 1 aromatic heterocycles. The molecule has 1 atom stereocenters. The van der Waals surface area contributed by atoms with Crippen molar-refractivity contribution in [3.63, 3.8) is 0 Å².